The molecule has 1 unspecified atom stereocenters. The van der Waals surface area contributed by atoms with Gasteiger partial charge in [0.25, 0.3) is 0 Å². The minimum atomic E-state index is 0.199. The van der Waals surface area contributed by atoms with Gasteiger partial charge in [-0.05, 0) is 11.1 Å². The van der Waals surface area contributed by atoms with Gasteiger partial charge in [0.1, 0.15) is 0 Å². The number of halogens is 1. The molecule has 3 rings (SSSR count). The van der Waals surface area contributed by atoms with Crippen LogP contribution in [0.3, 0.4) is 0 Å². The van der Waals surface area contributed by atoms with E-state index in [2.05, 4.69) is 75.4 Å². The van der Waals surface area contributed by atoms with Gasteiger partial charge in [0.2, 0.25) is 0 Å². The molecule has 3 heteroatoms. The smallest absolute Gasteiger partial charge is 0.0868 e. The third kappa shape index (κ3) is 3.94. The number of ether oxygens (including phenoxy) is 1. The van der Waals surface area contributed by atoms with Gasteiger partial charge < -0.3 is 4.74 Å². The largest absolute Gasteiger partial charge is 0.374 e. The Kier molecular flexibility index (Phi) is 5.07. The van der Waals surface area contributed by atoms with Gasteiger partial charge in [-0.2, -0.15) is 0 Å². The molecule has 0 radical (unpaired) electrons. The lowest BCUT2D eigenvalue weighted by Gasteiger charge is -2.35. The summed E-state index contributed by atoms with van der Waals surface area (Å²) in [4.78, 5) is 2.72. The number of rotatable bonds is 4. The van der Waals surface area contributed by atoms with Crippen LogP contribution in [0.5, 0.6) is 0 Å². The molecule has 0 aliphatic carbocycles. The van der Waals surface area contributed by atoms with E-state index in [1.54, 1.807) is 0 Å². The Hall–Kier alpha value is -1.16. The highest BCUT2D eigenvalue weighted by Gasteiger charge is 2.27. The lowest BCUT2D eigenvalue weighted by Crippen LogP contribution is -2.43. The van der Waals surface area contributed by atoms with Crippen LogP contribution in [-0.2, 0) is 11.3 Å². The Bertz CT molecular complexity index is 546. The Morgan fingerprint density at radius 1 is 1.05 bits per heavy atom. The molecule has 1 heterocycles. The maximum Gasteiger partial charge on any atom is 0.0868 e. The topological polar surface area (TPSA) is 12.5 Å². The highest BCUT2D eigenvalue weighted by Crippen LogP contribution is 2.30. The summed E-state index contributed by atoms with van der Waals surface area (Å²) in [5.74, 6) is 0. The first-order chi connectivity index (χ1) is 10.3. The number of hydrogen-bond acceptors (Lipinski definition) is 2. The van der Waals surface area contributed by atoms with Crippen molar-refractivity contribution in [1.82, 2.24) is 4.90 Å². The molecular weight excluding hydrogens is 326 g/mol. The molecule has 110 valence electrons. The lowest BCUT2D eigenvalue weighted by molar-refractivity contribution is -0.0310. The molecule has 2 aromatic rings. The average molecular weight is 346 g/mol. The first-order valence-electron chi connectivity index (χ1n) is 7.40. The summed E-state index contributed by atoms with van der Waals surface area (Å²) in [6.45, 7) is 3.75. The number of nitrogens with zero attached hydrogens (tertiary/aromatic N) is 1. The molecule has 1 aliphatic heterocycles. The van der Waals surface area contributed by atoms with Crippen LogP contribution in [-0.4, -0.2) is 30.7 Å². The molecule has 0 saturated carbocycles. The fourth-order valence-electron chi connectivity index (χ4n) is 2.75. The van der Waals surface area contributed by atoms with Gasteiger partial charge in [-0.1, -0.05) is 76.6 Å². The third-order valence-corrected chi connectivity index (χ3v) is 4.99. The van der Waals surface area contributed by atoms with Crippen LogP contribution in [0.15, 0.2) is 60.7 Å². The van der Waals surface area contributed by atoms with Gasteiger partial charge in [-0.15, -0.1) is 0 Å². The Morgan fingerprint density at radius 2 is 1.71 bits per heavy atom. The number of alkyl halides is 1. The molecular formula is C18H20BrNO. The molecule has 1 fully saturated rings. The quantitative estimate of drug-likeness (QED) is 0.776. The van der Waals surface area contributed by atoms with Crippen molar-refractivity contribution in [3.8, 4) is 0 Å². The maximum atomic E-state index is 5.97. The standard InChI is InChI=1S/C18H20BrNO/c19-18(16-9-5-2-6-10-16)17-14-20(11-12-21-17)13-15-7-3-1-4-8-15/h1-10,17-18H,11-14H2/t17-,18?/m1/s1. The second-order valence-electron chi connectivity index (χ2n) is 5.44. The van der Waals surface area contributed by atoms with Gasteiger partial charge in [0.05, 0.1) is 17.5 Å². The van der Waals surface area contributed by atoms with Crippen LogP contribution in [0.1, 0.15) is 16.0 Å². The highest BCUT2D eigenvalue weighted by atomic mass is 79.9. The first kappa shape index (κ1) is 14.8. The second kappa shape index (κ2) is 7.21. The third-order valence-electron chi connectivity index (χ3n) is 3.87. The van der Waals surface area contributed by atoms with E-state index >= 15 is 0 Å². The SMILES string of the molecule is BrC(c1ccccc1)[C@H]1CN(Cc2ccccc2)CCO1. The van der Waals surface area contributed by atoms with Crippen LogP contribution in [0.25, 0.3) is 0 Å². The first-order valence-corrected chi connectivity index (χ1v) is 8.31. The van der Waals surface area contributed by atoms with Crippen molar-refractivity contribution in [2.75, 3.05) is 19.7 Å². The summed E-state index contributed by atoms with van der Waals surface area (Å²) < 4.78 is 5.97. The molecule has 21 heavy (non-hydrogen) atoms. The monoisotopic (exact) mass is 345 g/mol. The average Bonchev–Trinajstić information content (AvgIpc) is 2.56. The summed E-state index contributed by atoms with van der Waals surface area (Å²) in [5, 5.41) is 0. The van der Waals surface area contributed by atoms with Crippen LogP contribution in [0.4, 0.5) is 0 Å². The molecule has 0 spiro atoms. The number of hydrogen-bond donors (Lipinski definition) is 0. The van der Waals surface area contributed by atoms with Gasteiger partial charge in [-0.25, -0.2) is 0 Å². The maximum absolute atomic E-state index is 5.97. The number of morpholine rings is 1. The molecule has 0 N–H and O–H groups in total. The molecule has 2 aromatic carbocycles. The van der Waals surface area contributed by atoms with Crippen molar-refractivity contribution in [1.29, 1.82) is 0 Å². The van der Waals surface area contributed by atoms with E-state index < -0.39 is 0 Å². The van der Waals surface area contributed by atoms with E-state index in [-0.39, 0.29) is 10.9 Å². The molecule has 0 amide bonds. The summed E-state index contributed by atoms with van der Waals surface area (Å²) in [6, 6.07) is 21.2. The second-order valence-corrected chi connectivity index (χ2v) is 6.43. The summed E-state index contributed by atoms with van der Waals surface area (Å²) in [5.41, 5.74) is 2.65. The van der Waals surface area contributed by atoms with Gasteiger partial charge >= 0.3 is 0 Å². The van der Waals surface area contributed by atoms with Crippen molar-refractivity contribution >= 4 is 15.9 Å². The predicted molar refractivity (Wildman–Crippen MR) is 89.6 cm³/mol. The Morgan fingerprint density at radius 3 is 2.43 bits per heavy atom. The van der Waals surface area contributed by atoms with E-state index in [0.717, 1.165) is 26.2 Å². The van der Waals surface area contributed by atoms with E-state index in [1.807, 2.05) is 6.07 Å². The van der Waals surface area contributed by atoms with Crippen molar-refractivity contribution in [2.24, 2.45) is 0 Å². The molecule has 2 nitrogen and oxygen atoms in total. The van der Waals surface area contributed by atoms with E-state index in [1.165, 1.54) is 11.1 Å². The Balaban J connectivity index is 1.63. The minimum Gasteiger partial charge on any atom is -0.374 e. The van der Waals surface area contributed by atoms with Crippen molar-refractivity contribution in [3.63, 3.8) is 0 Å². The van der Waals surface area contributed by atoms with Gasteiger partial charge in [0.15, 0.2) is 0 Å². The zero-order chi connectivity index (χ0) is 14.5. The van der Waals surface area contributed by atoms with Gasteiger partial charge in [0, 0.05) is 19.6 Å². The molecule has 0 aromatic heterocycles. The molecule has 0 bridgehead atoms. The van der Waals surface area contributed by atoms with Crippen molar-refractivity contribution in [2.45, 2.75) is 17.5 Å². The van der Waals surface area contributed by atoms with Crippen LogP contribution < -0.4 is 0 Å². The van der Waals surface area contributed by atoms with Crippen molar-refractivity contribution < 1.29 is 4.74 Å². The van der Waals surface area contributed by atoms with Crippen LogP contribution >= 0.6 is 15.9 Å². The zero-order valence-electron chi connectivity index (χ0n) is 12.0. The fourth-order valence-corrected chi connectivity index (χ4v) is 3.37. The van der Waals surface area contributed by atoms with Gasteiger partial charge in [-0.3, -0.25) is 4.90 Å². The predicted octanol–water partition coefficient (Wildman–Crippen LogP) is 4.02. The molecule has 2 atom stereocenters. The summed E-state index contributed by atoms with van der Waals surface area (Å²) in [6.07, 6.45) is 0.199. The van der Waals surface area contributed by atoms with E-state index in [0.29, 0.717) is 0 Å². The fraction of sp³-hybridized carbons (Fsp3) is 0.333. The van der Waals surface area contributed by atoms with Crippen LogP contribution in [0.2, 0.25) is 0 Å². The lowest BCUT2D eigenvalue weighted by atomic mass is 10.1. The minimum absolute atomic E-state index is 0.199. The van der Waals surface area contributed by atoms with E-state index in [4.69, 9.17) is 4.74 Å². The molecule has 1 aliphatic rings. The van der Waals surface area contributed by atoms with Crippen molar-refractivity contribution in [3.05, 3.63) is 71.8 Å². The summed E-state index contributed by atoms with van der Waals surface area (Å²) in [7, 11) is 0. The molecule has 1 saturated heterocycles. The Labute approximate surface area is 134 Å². The zero-order valence-corrected chi connectivity index (χ0v) is 13.6. The van der Waals surface area contributed by atoms with Crippen LogP contribution in [0, 0.1) is 0 Å². The highest BCUT2D eigenvalue weighted by molar-refractivity contribution is 9.09. The summed E-state index contributed by atoms with van der Waals surface area (Å²) >= 11 is 3.81. The van der Waals surface area contributed by atoms with E-state index in [9.17, 15) is 0 Å². The normalized spacial score (nSPS) is 21.1. The number of benzene rings is 2.